The van der Waals surface area contributed by atoms with Crippen LogP contribution >= 0.6 is 11.3 Å². The van der Waals surface area contributed by atoms with Gasteiger partial charge in [0.1, 0.15) is 0 Å². The Kier molecular flexibility index (Phi) is 4.27. The molecule has 4 nitrogen and oxygen atoms in total. The van der Waals surface area contributed by atoms with Gasteiger partial charge in [-0.05, 0) is 33.3 Å². The van der Waals surface area contributed by atoms with E-state index in [4.69, 9.17) is 0 Å². The first-order valence-electron chi connectivity index (χ1n) is 6.45. The molecule has 102 valence electrons. The van der Waals surface area contributed by atoms with E-state index in [1.807, 2.05) is 26.8 Å². The lowest BCUT2D eigenvalue weighted by Crippen LogP contribution is -2.08. The highest BCUT2D eigenvalue weighted by atomic mass is 32.1. The molecule has 0 fully saturated rings. The fraction of sp³-hybridized carbons (Fsp3) is 0.500. The molecule has 0 radical (unpaired) electrons. The van der Waals surface area contributed by atoms with Crippen LogP contribution in [0.5, 0.6) is 0 Å². The molecule has 19 heavy (non-hydrogen) atoms. The van der Waals surface area contributed by atoms with Crippen LogP contribution in [0.2, 0.25) is 0 Å². The first-order valence-corrected chi connectivity index (χ1v) is 7.27. The van der Waals surface area contributed by atoms with Gasteiger partial charge in [0.2, 0.25) is 0 Å². The molecule has 0 aliphatic heterocycles. The van der Waals surface area contributed by atoms with Crippen molar-refractivity contribution in [3.05, 3.63) is 38.6 Å². The van der Waals surface area contributed by atoms with E-state index in [1.165, 1.54) is 4.88 Å². The van der Waals surface area contributed by atoms with Gasteiger partial charge < -0.3 is 5.11 Å². The van der Waals surface area contributed by atoms with Crippen LogP contribution in [0, 0.1) is 20.8 Å². The van der Waals surface area contributed by atoms with E-state index in [9.17, 15) is 5.11 Å². The molecular weight excluding hydrogens is 258 g/mol. The fourth-order valence-electron chi connectivity index (χ4n) is 2.00. The zero-order valence-electron chi connectivity index (χ0n) is 11.8. The summed E-state index contributed by atoms with van der Waals surface area (Å²) in [4.78, 5) is 5.69. The molecule has 0 aromatic carbocycles. The quantitative estimate of drug-likeness (QED) is 0.933. The number of aliphatic hydroxyl groups is 1. The van der Waals surface area contributed by atoms with Gasteiger partial charge >= 0.3 is 0 Å². The lowest BCUT2D eigenvalue weighted by molar-refractivity contribution is 0.176. The molecule has 0 aliphatic rings. The molecule has 2 heterocycles. The number of aromatic nitrogens is 3. The van der Waals surface area contributed by atoms with Crippen LogP contribution in [-0.2, 0) is 12.8 Å². The minimum Gasteiger partial charge on any atom is -0.388 e. The van der Waals surface area contributed by atoms with Gasteiger partial charge in [0.15, 0.2) is 0 Å². The predicted molar refractivity (Wildman–Crippen MR) is 76.4 cm³/mol. The first kappa shape index (κ1) is 14.1. The normalized spacial score (nSPS) is 12.7. The average Bonchev–Trinajstić information content (AvgIpc) is 2.68. The summed E-state index contributed by atoms with van der Waals surface area (Å²) in [6.07, 6.45) is 0.752. The topological polar surface area (TPSA) is 58.9 Å². The number of hydrogen-bond donors (Lipinski definition) is 1. The van der Waals surface area contributed by atoms with Crippen LogP contribution in [0.4, 0.5) is 0 Å². The van der Waals surface area contributed by atoms with Gasteiger partial charge in [-0.25, -0.2) is 4.98 Å². The van der Waals surface area contributed by atoms with Crippen molar-refractivity contribution in [1.82, 2.24) is 15.2 Å². The Hall–Kier alpha value is -1.33. The molecule has 0 bridgehead atoms. The summed E-state index contributed by atoms with van der Waals surface area (Å²) >= 11 is 1.65. The third kappa shape index (κ3) is 3.16. The number of aliphatic hydroxyl groups excluding tert-OH is 1. The van der Waals surface area contributed by atoms with Crippen molar-refractivity contribution in [2.45, 2.75) is 46.6 Å². The smallest absolute Gasteiger partial charge is 0.0960 e. The minimum atomic E-state index is -0.561. The van der Waals surface area contributed by atoms with Crippen molar-refractivity contribution in [2.24, 2.45) is 0 Å². The summed E-state index contributed by atoms with van der Waals surface area (Å²) in [5.74, 6) is 0. The van der Waals surface area contributed by atoms with Gasteiger partial charge in [0.25, 0.3) is 0 Å². The summed E-state index contributed by atoms with van der Waals surface area (Å²) in [6, 6.07) is 1.92. The van der Waals surface area contributed by atoms with E-state index in [0.29, 0.717) is 6.42 Å². The molecule has 1 unspecified atom stereocenters. The Morgan fingerprint density at radius 1 is 1.26 bits per heavy atom. The van der Waals surface area contributed by atoms with Crippen LogP contribution in [0.1, 0.15) is 45.6 Å². The lowest BCUT2D eigenvalue weighted by Gasteiger charge is -2.13. The van der Waals surface area contributed by atoms with E-state index in [2.05, 4.69) is 22.1 Å². The molecular formula is C14H19N3OS. The summed E-state index contributed by atoms with van der Waals surface area (Å²) in [6.45, 7) is 7.96. The van der Waals surface area contributed by atoms with Crippen LogP contribution in [0.15, 0.2) is 6.07 Å². The standard InChI is InChI=1S/C14H19N3OS/c1-5-12-11(6-8(2)16-17-12)13(18)7-14-15-9(3)10(4)19-14/h6,13,18H,5,7H2,1-4H3. The Bertz CT molecular complexity index is 561. The molecule has 5 heteroatoms. The SMILES string of the molecule is CCc1nnc(C)cc1C(O)Cc1nc(C)c(C)s1. The molecule has 2 aromatic heterocycles. The van der Waals surface area contributed by atoms with Gasteiger partial charge in [0, 0.05) is 16.9 Å². The summed E-state index contributed by atoms with van der Waals surface area (Å²) < 4.78 is 0. The van der Waals surface area contributed by atoms with E-state index in [1.54, 1.807) is 11.3 Å². The van der Waals surface area contributed by atoms with E-state index in [-0.39, 0.29) is 0 Å². The highest BCUT2D eigenvalue weighted by molar-refractivity contribution is 7.11. The van der Waals surface area contributed by atoms with Gasteiger partial charge in [-0.3, -0.25) is 0 Å². The molecule has 0 saturated carbocycles. The van der Waals surface area contributed by atoms with E-state index in [0.717, 1.165) is 34.1 Å². The second-order valence-corrected chi connectivity index (χ2v) is 6.00. The number of thiazole rings is 1. The second-order valence-electron chi connectivity index (χ2n) is 4.71. The fourth-order valence-corrected chi connectivity index (χ4v) is 2.97. The third-order valence-electron chi connectivity index (χ3n) is 3.16. The number of nitrogens with zero attached hydrogens (tertiary/aromatic N) is 3. The van der Waals surface area contributed by atoms with Crippen LogP contribution < -0.4 is 0 Å². The molecule has 1 N–H and O–H groups in total. The molecule has 0 amide bonds. The van der Waals surface area contributed by atoms with Crippen LogP contribution in [-0.4, -0.2) is 20.3 Å². The minimum absolute atomic E-state index is 0.539. The molecule has 0 spiro atoms. The Labute approximate surface area is 117 Å². The monoisotopic (exact) mass is 277 g/mol. The Morgan fingerprint density at radius 3 is 2.58 bits per heavy atom. The third-order valence-corrected chi connectivity index (χ3v) is 4.26. The first-order chi connectivity index (χ1) is 9.01. The van der Waals surface area contributed by atoms with Crippen LogP contribution in [0.3, 0.4) is 0 Å². The van der Waals surface area contributed by atoms with Crippen molar-refractivity contribution in [3.8, 4) is 0 Å². The zero-order valence-corrected chi connectivity index (χ0v) is 12.6. The molecule has 1 atom stereocenters. The van der Waals surface area contributed by atoms with Crippen molar-refractivity contribution < 1.29 is 5.11 Å². The molecule has 0 aliphatic carbocycles. The molecule has 2 rings (SSSR count). The summed E-state index contributed by atoms with van der Waals surface area (Å²) in [7, 11) is 0. The van der Waals surface area contributed by atoms with Gasteiger partial charge in [-0.1, -0.05) is 6.92 Å². The molecule has 2 aromatic rings. The average molecular weight is 277 g/mol. The second kappa shape index (κ2) is 5.75. The number of rotatable bonds is 4. The van der Waals surface area contributed by atoms with Gasteiger partial charge in [0.05, 0.1) is 28.2 Å². The van der Waals surface area contributed by atoms with E-state index >= 15 is 0 Å². The highest BCUT2D eigenvalue weighted by Crippen LogP contribution is 2.25. The maximum atomic E-state index is 10.4. The summed E-state index contributed by atoms with van der Waals surface area (Å²) in [5.41, 5.74) is 3.62. The van der Waals surface area contributed by atoms with Crippen molar-refractivity contribution in [3.63, 3.8) is 0 Å². The molecule has 0 saturated heterocycles. The van der Waals surface area contributed by atoms with Crippen molar-refractivity contribution in [2.75, 3.05) is 0 Å². The Morgan fingerprint density at radius 2 is 2.00 bits per heavy atom. The summed E-state index contributed by atoms with van der Waals surface area (Å²) in [5, 5.41) is 19.6. The lowest BCUT2D eigenvalue weighted by atomic mass is 10.0. The largest absolute Gasteiger partial charge is 0.388 e. The predicted octanol–water partition coefficient (Wildman–Crippen LogP) is 2.70. The Balaban J connectivity index is 2.24. The maximum absolute atomic E-state index is 10.4. The van der Waals surface area contributed by atoms with Crippen molar-refractivity contribution in [1.29, 1.82) is 0 Å². The van der Waals surface area contributed by atoms with Gasteiger partial charge in [-0.15, -0.1) is 11.3 Å². The van der Waals surface area contributed by atoms with E-state index < -0.39 is 6.10 Å². The number of aryl methyl sites for hydroxylation is 4. The zero-order chi connectivity index (χ0) is 14.0. The van der Waals surface area contributed by atoms with Crippen LogP contribution in [0.25, 0.3) is 0 Å². The number of hydrogen-bond acceptors (Lipinski definition) is 5. The van der Waals surface area contributed by atoms with Gasteiger partial charge in [-0.2, -0.15) is 10.2 Å². The van der Waals surface area contributed by atoms with Crippen molar-refractivity contribution >= 4 is 11.3 Å². The maximum Gasteiger partial charge on any atom is 0.0960 e. The highest BCUT2D eigenvalue weighted by Gasteiger charge is 2.16.